The van der Waals surface area contributed by atoms with Crippen molar-refractivity contribution in [1.29, 1.82) is 0 Å². The van der Waals surface area contributed by atoms with Gasteiger partial charge in [0.15, 0.2) is 0 Å². The molecule has 0 fully saturated rings. The summed E-state index contributed by atoms with van der Waals surface area (Å²) in [5, 5.41) is 0. The molecule has 2 rings (SSSR count). The predicted molar refractivity (Wildman–Crippen MR) is 57.9 cm³/mol. The number of allylic oxidation sites excluding steroid dienone is 1. The van der Waals surface area contributed by atoms with Crippen LogP contribution in [0, 0.1) is 0 Å². The number of esters is 1. The van der Waals surface area contributed by atoms with Crippen LogP contribution in [0.25, 0.3) is 0 Å². The third kappa shape index (κ3) is 2.53. The van der Waals surface area contributed by atoms with Crippen LogP contribution in [-0.4, -0.2) is 11.7 Å². The van der Waals surface area contributed by atoms with Gasteiger partial charge in [-0.3, -0.25) is 4.99 Å². The van der Waals surface area contributed by atoms with Gasteiger partial charge in [-0.2, -0.15) is 0 Å². The lowest BCUT2D eigenvalue weighted by Crippen LogP contribution is -2.21. The molecular formula is C12H11NO2. The molecule has 0 aromatic heterocycles. The summed E-state index contributed by atoms with van der Waals surface area (Å²) in [6.07, 6.45) is 5.08. The van der Waals surface area contributed by atoms with E-state index in [0.29, 0.717) is 17.9 Å². The van der Waals surface area contributed by atoms with Crippen LogP contribution in [0.2, 0.25) is 0 Å². The second-order valence-electron chi connectivity index (χ2n) is 3.20. The third-order valence-electron chi connectivity index (χ3n) is 2.07. The number of aliphatic imine (C=N–C) groups is 1. The van der Waals surface area contributed by atoms with Gasteiger partial charge < -0.3 is 4.74 Å². The number of para-hydroxylation sites is 1. The monoisotopic (exact) mass is 201 g/mol. The summed E-state index contributed by atoms with van der Waals surface area (Å²) in [4.78, 5) is 15.6. The molecule has 0 atom stereocenters. The zero-order valence-corrected chi connectivity index (χ0v) is 8.22. The molecule has 3 heteroatoms. The van der Waals surface area contributed by atoms with Crippen LogP contribution in [0.15, 0.2) is 47.6 Å². The Morgan fingerprint density at radius 2 is 2.07 bits per heavy atom. The highest BCUT2D eigenvalue weighted by Crippen LogP contribution is 2.11. The molecule has 0 radical (unpaired) electrons. The van der Waals surface area contributed by atoms with Crippen molar-refractivity contribution < 1.29 is 9.53 Å². The van der Waals surface area contributed by atoms with Crippen LogP contribution >= 0.6 is 0 Å². The molecular weight excluding hydrogens is 190 g/mol. The van der Waals surface area contributed by atoms with E-state index in [-0.39, 0.29) is 5.97 Å². The zero-order valence-electron chi connectivity index (χ0n) is 8.22. The Bertz CT molecular complexity index is 407. The van der Waals surface area contributed by atoms with Gasteiger partial charge in [-0.1, -0.05) is 24.3 Å². The van der Waals surface area contributed by atoms with Crippen molar-refractivity contribution in [2.24, 2.45) is 4.99 Å². The molecule has 1 heterocycles. The molecule has 0 N–H and O–H groups in total. The van der Waals surface area contributed by atoms with Crippen LogP contribution in [0.5, 0.6) is 5.75 Å². The second-order valence-corrected chi connectivity index (χ2v) is 3.20. The summed E-state index contributed by atoms with van der Waals surface area (Å²) < 4.78 is 5.15. The summed E-state index contributed by atoms with van der Waals surface area (Å²) in [7, 11) is 0. The first-order valence-electron chi connectivity index (χ1n) is 4.85. The zero-order chi connectivity index (χ0) is 10.5. The molecule has 1 aliphatic rings. The normalized spacial score (nSPS) is 14.5. The molecule has 0 spiro atoms. The Balaban J connectivity index is 2.04. The predicted octanol–water partition coefficient (Wildman–Crippen LogP) is 2.34. The van der Waals surface area contributed by atoms with Crippen molar-refractivity contribution in [3.63, 3.8) is 0 Å². The Labute approximate surface area is 88.1 Å². The lowest BCUT2D eigenvalue weighted by atomic mass is 10.2. The summed E-state index contributed by atoms with van der Waals surface area (Å²) in [5.41, 5.74) is 0.487. The number of nitrogens with zero attached hydrogens (tertiary/aromatic N) is 1. The average Bonchev–Trinajstić information content (AvgIpc) is 2.31. The SMILES string of the molecule is O=C(Oc1ccccc1)C1=NC=CCC1. The quantitative estimate of drug-likeness (QED) is 0.544. The molecule has 1 aromatic carbocycles. The highest BCUT2D eigenvalue weighted by molar-refractivity contribution is 6.37. The van der Waals surface area contributed by atoms with Crippen molar-refractivity contribution in [2.75, 3.05) is 0 Å². The second kappa shape index (κ2) is 4.55. The van der Waals surface area contributed by atoms with Crippen LogP contribution < -0.4 is 4.74 Å². The molecule has 0 aliphatic carbocycles. The topological polar surface area (TPSA) is 38.7 Å². The maximum Gasteiger partial charge on any atom is 0.358 e. The number of hydrogen-bond donors (Lipinski definition) is 0. The highest BCUT2D eigenvalue weighted by Gasteiger charge is 2.14. The smallest absolute Gasteiger partial charge is 0.358 e. The van der Waals surface area contributed by atoms with Gasteiger partial charge in [0.2, 0.25) is 0 Å². The molecule has 0 unspecified atom stereocenters. The van der Waals surface area contributed by atoms with E-state index in [1.54, 1.807) is 18.3 Å². The van der Waals surface area contributed by atoms with Crippen LogP contribution in [0.4, 0.5) is 0 Å². The fraction of sp³-hybridized carbons (Fsp3) is 0.167. The van der Waals surface area contributed by atoms with E-state index >= 15 is 0 Å². The summed E-state index contributed by atoms with van der Waals surface area (Å²) in [6.45, 7) is 0. The first-order chi connectivity index (χ1) is 7.36. The minimum absolute atomic E-state index is 0.356. The van der Waals surface area contributed by atoms with E-state index in [0.717, 1.165) is 6.42 Å². The minimum Gasteiger partial charge on any atom is -0.422 e. The lowest BCUT2D eigenvalue weighted by molar-refractivity contribution is -0.127. The fourth-order valence-corrected chi connectivity index (χ4v) is 1.31. The van der Waals surface area contributed by atoms with Gasteiger partial charge in [-0.15, -0.1) is 0 Å². The molecule has 0 amide bonds. The van der Waals surface area contributed by atoms with Gasteiger partial charge >= 0.3 is 5.97 Å². The van der Waals surface area contributed by atoms with Crippen LogP contribution in [0.3, 0.4) is 0 Å². The number of ether oxygens (including phenoxy) is 1. The van der Waals surface area contributed by atoms with E-state index in [9.17, 15) is 4.79 Å². The van der Waals surface area contributed by atoms with Crippen LogP contribution in [-0.2, 0) is 4.79 Å². The molecule has 0 saturated heterocycles. The molecule has 76 valence electrons. The van der Waals surface area contributed by atoms with Gasteiger partial charge in [-0.05, 0) is 18.6 Å². The highest BCUT2D eigenvalue weighted by atomic mass is 16.5. The van der Waals surface area contributed by atoms with E-state index in [2.05, 4.69) is 4.99 Å². The molecule has 0 bridgehead atoms. The van der Waals surface area contributed by atoms with Gasteiger partial charge in [0, 0.05) is 12.6 Å². The number of carbonyl (C=O) groups excluding carboxylic acids is 1. The van der Waals surface area contributed by atoms with Gasteiger partial charge in [-0.25, -0.2) is 4.79 Å². The molecule has 3 nitrogen and oxygen atoms in total. The van der Waals surface area contributed by atoms with Crippen molar-refractivity contribution in [3.05, 3.63) is 42.6 Å². The minimum atomic E-state index is -0.356. The van der Waals surface area contributed by atoms with Crippen molar-refractivity contribution in [2.45, 2.75) is 12.8 Å². The van der Waals surface area contributed by atoms with E-state index < -0.39 is 0 Å². The summed E-state index contributed by atoms with van der Waals surface area (Å²) >= 11 is 0. The molecule has 15 heavy (non-hydrogen) atoms. The first kappa shape index (κ1) is 9.65. The molecule has 1 aromatic rings. The number of carbonyl (C=O) groups is 1. The Hall–Kier alpha value is -1.90. The first-order valence-corrected chi connectivity index (χ1v) is 4.85. The van der Waals surface area contributed by atoms with Gasteiger partial charge in [0.05, 0.1) is 0 Å². The van der Waals surface area contributed by atoms with Crippen molar-refractivity contribution in [3.8, 4) is 5.75 Å². The van der Waals surface area contributed by atoms with Gasteiger partial charge in [0.25, 0.3) is 0 Å². The maximum atomic E-state index is 11.6. The third-order valence-corrected chi connectivity index (χ3v) is 2.07. The Morgan fingerprint density at radius 1 is 1.27 bits per heavy atom. The van der Waals surface area contributed by atoms with Crippen LogP contribution in [0.1, 0.15) is 12.8 Å². The number of benzene rings is 1. The van der Waals surface area contributed by atoms with E-state index in [1.165, 1.54) is 0 Å². The summed E-state index contributed by atoms with van der Waals surface area (Å²) in [5.74, 6) is 0.199. The maximum absolute atomic E-state index is 11.6. The van der Waals surface area contributed by atoms with Gasteiger partial charge in [0.1, 0.15) is 11.5 Å². The lowest BCUT2D eigenvalue weighted by Gasteiger charge is -2.07. The molecule has 0 saturated carbocycles. The fourth-order valence-electron chi connectivity index (χ4n) is 1.31. The van der Waals surface area contributed by atoms with Crippen molar-refractivity contribution >= 4 is 11.7 Å². The Morgan fingerprint density at radius 3 is 2.73 bits per heavy atom. The molecule has 1 aliphatic heterocycles. The Kier molecular flexibility index (Phi) is 2.93. The number of rotatable bonds is 2. The standard InChI is InChI=1S/C12H11NO2/c14-12(11-8-4-5-9-13-11)15-10-6-2-1-3-7-10/h1-3,5-7,9H,4,8H2. The van der Waals surface area contributed by atoms with E-state index in [4.69, 9.17) is 4.74 Å². The van der Waals surface area contributed by atoms with Crippen molar-refractivity contribution in [1.82, 2.24) is 0 Å². The van der Waals surface area contributed by atoms with E-state index in [1.807, 2.05) is 24.3 Å². The average molecular weight is 201 g/mol. The summed E-state index contributed by atoms with van der Waals surface area (Å²) in [6, 6.07) is 9.02. The largest absolute Gasteiger partial charge is 0.422 e. The number of hydrogen-bond acceptors (Lipinski definition) is 3.